The van der Waals surface area contributed by atoms with Crippen molar-refractivity contribution in [1.82, 2.24) is 9.97 Å². The maximum Gasteiger partial charge on any atom is 0.220 e. The van der Waals surface area contributed by atoms with Crippen molar-refractivity contribution >= 4 is 9.84 Å². The van der Waals surface area contributed by atoms with Gasteiger partial charge in [-0.3, -0.25) is 0 Å². The minimum absolute atomic E-state index is 0.0290. The largest absolute Gasteiger partial charge is 0.481 e. The molecule has 2 rings (SSSR count). The lowest BCUT2D eigenvalue weighted by Crippen LogP contribution is -2.09. The first-order valence-corrected chi connectivity index (χ1v) is 6.71. The molecule has 7 heteroatoms. The summed E-state index contributed by atoms with van der Waals surface area (Å²) in [6.07, 6.45) is 0.518. The zero-order valence-corrected chi connectivity index (χ0v) is 9.75. The lowest BCUT2D eigenvalue weighted by Gasteiger charge is -2.06. The quantitative estimate of drug-likeness (QED) is 0.762. The summed E-state index contributed by atoms with van der Waals surface area (Å²) >= 11 is 0. The zero-order chi connectivity index (χ0) is 11.8. The Balaban J connectivity index is 2.49. The minimum Gasteiger partial charge on any atom is -0.481 e. The minimum atomic E-state index is -3.08. The summed E-state index contributed by atoms with van der Waals surface area (Å²) in [5.74, 6) is 0.831. The molecule has 1 aliphatic rings. The highest BCUT2D eigenvalue weighted by molar-refractivity contribution is 7.90. The molecule has 16 heavy (non-hydrogen) atoms. The maximum absolute atomic E-state index is 11.5. The molecule has 1 aromatic rings. The fourth-order valence-corrected chi connectivity index (χ4v) is 3.20. The molecule has 0 aromatic carbocycles. The number of hydrogen-bond acceptors (Lipinski definition) is 6. The number of ether oxygens (including phenoxy) is 1. The molecule has 0 unspecified atom stereocenters. The summed E-state index contributed by atoms with van der Waals surface area (Å²) in [6, 6.07) is 0. The molecule has 0 saturated carbocycles. The number of fused-ring (bicyclic) bond motifs is 1. The topological polar surface area (TPSA) is 95.2 Å². The summed E-state index contributed by atoms with van der Waals surface area (Å²) in [6.45, 7) is 0.425. The van der Waals surface area contributed by atoms with E-state index in [1.54, 1.807) is 0 Å². The van der Waals surface area contributed by atoms with E-state index in [4.69, 9.17) is 10.5 Å². The Bertz CT molecular complexity index is 513. The fraction of sp³-hybridized carbons (Fsp3) is 0.556. The van der Waals surface area contributed by atoms with E-state index in [0.717, 1.165) is 0 Å². The molecule has 0 atom stereocenters. The van der Waals surface area contributed by atoms with E-state index in [2.05, 4.69) is 9.97 Å². The standard InChI is InChI=1S/C9H13N3O3S/c1-15-9-6-4-16(13,14)5-7(6)11-8(12-9)2-3-10/h2-5,10H2,1H3. The molecule has 0 saturated heterocycles. The van der Waals surface area contributed by atoms with Crippen LogP contribution in [0.2, 0.25) is 0 Å². The van der Waals surface area contributed by atoms with E-state index in [1.807, 2.05) is 0 Å². The summed E-state index contributed by atoms with van der Waals surface area (Å²) in [5.41, 5.74) is 6.55. The first-order chi connectivity index (χ1) is 7.55. The number of nitrogens with two attached hydrogens (primary N) is 1. The van der Waals surface area contributed by atoms with Crippen molar-refractivity contribution in [2.45, 2.75) is 17.9 Å². The van der Waals surface area contributed by atoms with Crippen molar-refractivity contribution in [2.24, 2.45) is 5.73 Å². The molecule has 0 bridgehead atoms. The third-order valence-corrected chi connectivity index (χ3v) is 3.83. The second-order valence-electron chi connectivity index (χ2n) is 3.65. The Hall–Kier alpha value is -1.21. The van der Waals surface area contributed by atoms with Crippen LogP contribution >= 0.6 is 0 Å². The van der Waals surface area contributed by atoms with E-state index in [1.165, 1.54) is 7.11 Å². The van der Waals surface area contributed by atoms with Crippen molar-refractivity contribution in [1.29, 1.82) is 0 Å². The number of hydrogen-bond donors (Lipinski definition) is 1. The molecular formula is C9H13N3O3S. The zero-order valence-electron chi connectivity index (χ0n) is 8.93. The maximum atomic E-state index is 11.5. The predicted octanol–water partition coefficient (Wildman–Crippen LogP) is -0.585. The predicted molar refractivity (Wildman–Crippen MR) is 57.7 cm³/mol. The van der Waals surface area contributed by atoms with Crippen molar-refractivity contribution in [3.05, 3.63) is 17.1 Å². The van der Waals surface area contributed by atoms with Crippen molar-refractivity contribution in [3.8, 4) is 5.88 Å². The van der Waals surface area contributed by atoms with Gasteiger partial charge in [0.2, 0.25) is 5.88 Å². The molecular weight excluding hydrogens is 230 g/mol. The first kappa shape index (κ1) is 11.3. The smallest absolute Gasteiger partial charge is 0.220 e. The monoisotopic (exact) mass is 243 g/mol. The highest BCUT2D eigenvalue weighted by Gasteiger charge is 2.30. The summed E-state index contributed by atoms with van der Waals surface area (Å²) < 4.78 is 28.0. The van der Waals surface area contributed by atoms with Crippen LogP contribution in [0.3, 0.4) is 0 Å². The van der Waals surface area contributed by atoms with Gasteiger partial charge in [-0.25, -0.2) is 13.4 Å². The van der Waals surface area contributed by atoms with Gasteiger partial charge in [-0.15, -0.1) is 0 Å². The van der Waals surface area contributed by atoms with Gasteiger partial charge in [-0.05, 0) is 6.54 Å². The average Bonchev–Trinajstić information content (AvgIpc) is 2.51. The molecule has 0 aliphatic carbocycles. The lowest BCUT2D eigenvalue weighted by molar-refractivity contribution is 0.390. The van der Waals surface area contributed by atoms with E-state index in [9.17, 15) is 8.42 Å². The molecule has 0 fully saturated rings. The average molecular weight is 243 g/mol. The molecule has 0 amide bonds. The molecule has 88 valence electrons. The van der Waals surface area contributed by atoms with Gasteiger partial charge in [0.05, 0.1) is 29.9 Å². The Morgan fingerprint density at radius 1 is 1.38 bits per heavy atom. The molecule has 0 spiro atoms. The normalized spacial score (nSPS) is 17.1. The van der Waals surface area contributed by atoms with E-state index >= 15 is 0 Å². The Kier molecular flexibility index (Phi) is 2.81. The van der Waals surface area contributed by atoms with Crippen LogP contribution in [0.25, 0.3) is 0 Å². The molecule has 0 radical (unpaired) electrons. The van der Waals surface area contributed by atoms with Crippen LogP contribution in [0, 0.1) is 0 Å². The van der Waals surface area contributed by atoms with Crippen molar-refractivity contribution in [3.63, 3.8) is 0 Å². The third-order valence-electron chi connectivity index (χ3n) is 2.38. The van der Waals surface area contributed by atoms with E-state index in [-0.39, 0.29) is 11.5 Å². The van der Waals surface area contributed by atoms with Crippen LogP contribution in [0.15, 0.2) is 0 Å². The van der Waals surface area contributed by atoms with Gasteiger partial charge >= 0.3 is 0 Å². The van der Waals surface area contributed by atoms with Crippen molar-refractivity contribution < 1.29 is 13.2 Å². The Morgan fingerprint density at radius 2 is 2.12 bits per heavy atom. The number of aromatic nitrogens is 2. The van der Waals surface area contributed by atoms with Crippen LogP contribution in [0.1, 0.15) is 17.1 Å². The Labute approximate surface area is 93.8 Å². The van der Waals surface area contributed by atoms with Crippen molar-refractivity contribution in [2.75, 3.05) is 13.7 Å². The lowest BCUT2D eigenvalue weighted by atomic mass is 10.2. The van der Waals surface area contributed by atoms with Gasteiger partial charge in [0, 0.05) is 6.42 Å². The van der Waals surface area contributed by atoms with E-state index < -0.39 is 9.84 Å². The summed E-state index contributed by atoms with van der Waals surface area (Å²) in [7, 11) is -1.61. The molecule has 2 N–H and O–H groups in total. The number of sulfone groups is 1. The SMILES string of the molecule is COc1nc(CCN)nc2c1CS(=O)(=O)C2. The van der Waals surface area contributed by atoms with Crippen LogP contribution < -0.4 is 10.5 Å². The number of nitrogens with zero attached hydrogens (tertiary/aromatic N) is 2. The van der Waals surface area contributed by atoms with Gasteiger partial charge in [0.1, 0.15) is 5.82 Å². The number of methoxy groups -OCH3 is 1. The first-order valence-electron chi connectivity index (χ1n) is 4.89. The van der Waals surface area contributed by atoms with Crippen LogP contribution in [-0.4, -0.2) is 32.0 Å². The van der Waals surface area contributed by atoms with Gasteiger partial charge < -0.3 is 10.5 Å². The van der Waals surface area contributed by atoms with Crippen LogP contribution in [0.4, 0.5) is 0 Å². The second-order valence-corrected chi connectivity index (χ2v) is 5.71. The Morgan fingerprint density at radius 3 is 2.75 bits per heavy atom. The van der Waals surface area contributed by atoms with Gasteiger partial charge in [0.25, 0.3) is 0 Å². The summed E-state index contributed by atoms with van der Waals surface area (Å²) in [4.78, 5) is 8.34. The molecule has 6 nitrogen and oxygen atoms in total. The molecule has 1 aromatic heterocycles. The molecule has 2 heterocycles. The highest BCUT2D eigenvalue weighted by atomic mass is 32.2. The van der Waals surface area contributed by atoms with Gasteiger partial charge in [-0.1, -0.05) is 0 Å². The fourth-order valence-electron chi connectivity index (χ4n) is 1.71. The second kappa shape index (κ2) is 3.99. The third kappa shape index (κ3) is 2.00. The van der Waals surface area contributed by atoms with Crippen LogP contribution in [0.5, 0.6) is 5.88 Å². The molecule has 1 aliphatic heterocycles. The van der Waals surface area contributed by atoms with E-state index in [0.29, 0.717) is 35.9 Å². The van der Waals surface area contributed by atoms with Gasteiger partial charge in [-0.2, -0.15) is 4.98 Å². The van der Waals surface area contributed by atoms with Crippen LogP contribution in [-0.2, 0) is 27.8 Å². The summed E-state index contributed by atoms with van der Waals surface area (Å²) in [5, 5.41) is 0. The number of rotatable bonds is 3. The highest BCUT2D eigenvalue weighted by Crippen LogP contribution is 2.29. The van der Waals surface area contributed by atoms with Gasteiger partial charge in [0.15, 0.2) is 9.84 Å².